The Morgan fingerprint density at radius 1 is 1.57 bits per heavy atom. The van der Waals surface area contributed by atoms with Crippen molar-refractivity contribution in [1.29, 1.82) is 0 Å². The Kier molecular flexibility index (Phi) is 2.37. The molecule has 0 atom stereocenters. The van der Waals surface area contributed by atoms with Gasteiger partial charge in [-0.15, -0.1) is 0 Å². The molecule has 0 unspecified atom stereocenters. The lowest BCUT2D eigenvalue weighted by molar-refractivity contribution is 0.771. The summed E-state index contributed by atoms with van der Waals surface area (Å²) in [5.41, 5.74) is 1.82. The molecule has 0 bridgehead atoms. The molecule has 0 saturated carbocycles. The van der Waals surface area contributed by atoms with Gasteiger partial charge in [0.15, 0.2) is 0 Å². The molecule has 0 fully saturated rings. The van der Waals surface area contributed by atoms with E-state index in [1.54, 1.807) is 10.8 Å². The highest BCUT2D eigenvalue weighted by atomic mass is 79.9. The molecule has 4 heteroatoms. The first-order valence-corrected chi connectivity index (χ1v) is 5.25. The zero-order valence-electron chi connectivity index (χ0n) is 7.59. The van der Waals surface area contributed by atoms with Crippen LogP contribution in [0.15, 0.2) is 23.2 Å². The molecule has 0 aliphatic rings. The van der Waals surface area contributed by atoms with Gasteiger partial charge in [-0.25, -0.2) is 0 Å². The minimum Gasteiger partial charge on any atom is -0.267 e. The van der Waals surface area contributed by atoms with E-state index < -0.39 is 0 Å². The topological polar surface area (TPSA) is 17.8 Å². The number of hydrogen-bond donors (Lipinski definition) is 0. The predicted molar refractivity (Wildman–Crippen MR) is 63.5 cm³/mol. The zero-order chi connectivity index (χ0) is 10.3. The lowest BCUT2D eigenvalue weighted by Crippen LogP contribution is -1.91. The quantitative estimate of drug-likeness (QED) is 0.774. The third-order valence-corrected chi connectivity index (χ3v) is 3.41. The standard InChI is InChI=1S/C10H8BrClN2/c1-3-8-9-7(13-14(8)2)5-4-6(11)10(9)12/h3-5H,1H2,2H3. The molecule has 72 valence electrons. The first kappa shape index (κ1) is 9.74. The maximum atomic E-state index is 6.18. The number of rotatable bonds is 1. The molecule has 0 saturated heterocycles. The monoisotopic (exact) mass is 270 g/mol. The fraction of sp³-hybridized carbons (Fsp3) is 0.100. The van der Waals surface area contributed by atoms with Gasteiger partial charge in [-0.3, -0.25) is 4.68 Å². The Morgan fingerprint density at radius 3 is 2.93 bits per heavy atom. The maximum absolute atomic E-state index is 6.18. The van der Waals surface area contributed by atoms with Crippen LogP contribution < -0.4 is 0 Å². The van der Waals surface area contributed by atoms with Crippen LogP contribution in [0, 0.1) is 0 Å². The van der Waals surface area contributed by atoms with Crippen LogP contribution in [0.5, 0.6) is 0 Å². The molecule has 0 aliphatic carbocycles. The lowest BCUT2D eigenvalue weighted by Gasteiger charge is -1.98. The van der Waals surface area contributed by atoms with Crippen molar-refractivity contribution >= 4 is 44.5 Å². The fourth-order valence-corrected chi connectivity index (χ4v) is 2.07. The smallest absolute Gasteiger partial charge is 0.0945 e. The van der Waals surface area contributed by atoms with Crippen LogP contribution in [-0.4, -0.2) is 9.78 Å². The second-order valence-corrected chi connectivity index (χ2v) is 4.20. The number of fused-ring (bicyclic) bond motifs is 1. The zero-order valence-corrected chi connectivity index (χ0v) is 9.93. The fourth-order valence-electron chi connectivity index (χ4n) is 1.48. The van der Waals surface area contributed by atoms with Crippen LogP contribution >= 0.6 is 27.5 Å². The van der Waals surface area contributed by atoms with E-state index in [0.29, 0.717) is 5.02 Å². The summed E-state index contributed by atoms with van der Waals surface area (Å²) >= 11 is 9.56. The molecule has 2 rings (SSSR count). The van der Waals surface area contributed by atoms with Crippen molar-refractivity contribution in [1.82, 2.24) is 9.78 Å². The van der Waals surface area contributed by atoms with E-state index in [-0.39, 0.29) is 0 Å². The minimum absolute atomic E-state index is 0.686. The third kappa shape index (κ3) is 1.28. The Hall–Kier alpha value is -0.800. The molecule has 0 radical (unpaired) electrons. The van der Waals surface area contributed by atoms with Gasteiger partial charge in [0.05, 0.1) is 16.2 Å². The summed E-state index contributed by atoms with van der Waals surface area (Å²) in [6.07, 6.45) is 1.76. The average molecular weight is 272 g/mol. The number of aryl methyl sites for hydroxylation is 1. The van der Waals surface area contributed by atoms with E-state index >= 15 is 0 Å². The number of aromatic nitrogens is 2. The molecular formula is C10H8BrClN2. The van der Waals surface area contributed by atoms with Gasteiger partial charge in [-0.05, 0) is 34.1 Å². The van der Waals surface area contributed by atoms with Crippen molar-refractivity contribution in [3.8, 4) is 0 Å². The van der Waals surface area contributed by atoms with Gasteiger partial charge in [-0.2, -0.15) is 5.10 Å². The molecule has 1 aromatic carbocycles. The van der Waals surface area contributed by atoms with Crippen LogP contribution in [0.3, 0.4) is 0 Å². The van der Waals surface area contributed by atoms with E-state index in [1.165, 1.54) is 0 Å². The highest BCUT2D eigenvalue weighted by Crippen LogP contribution is 2.33. The second kappa shape index (κ2) is 3.41. The molecule has 0 spiro atoms. The Bertz CT molecular complexity index is 516. The van der Waals surface area contributed by atoms with Crippen LogP contribution in [0.2, 0.25) is 5.02 Å². The Balaban J connectivity index is 2.97. The van der Waals surface area contributed by atoms with E-state index in [9.17, 15) is 0 Å². The number of nitrogens with zero attached hydrogens (tertiary/aromatic N) is 2. The molecule has 14 heavy (non-hydrogen) atoms. The van der Waals surface area contributed by atoms with Gasteiger partial charge in [-0.1, -0.05) is 18.2 Å². The molecule has 0 aliphatic heterocycles. The van der Waals surface area contributed by atoms with E-state index in [0.717, 1.165) is 21.1 Å². The predicted octanol–water partition coefficient (Wildman–Crippen LogP) is 3.63. The summed E-state index contributed by atoms with van der Waals surface area (Å²) in [5, 5.41) is 5.95. The average Bonchev–Trinajstić information content (AvgIpc) is 2.48. The van der Waals surface area contributed by atoms with Crippen molar-refractivity contribution in [2.24, 2.45) is 7.05 Å². The minimum atomic E-state index is 0.686. The van der Waals surface area contributed by atoms with Crippen molar-refractivity contribution in [3.63, 3.8) is 0 Å². The van der Waals surface area contributed by atoms with Gasteiger partial charge in [0.1, 0.15) is 0 Å². The first-order valence-electron chi connectivity index (χ1n) is 4.08. The van der Waals surface area contributed by atoms with E-state index in [4.69, 9.17) is 11.6 Å². The van der Waals surface area contributed by atoms with Gasteiger partial charge in [0.2, 0.25) is 0 Å². The van der Waals surface area contributed by atoms with Gasteiger partial charge in [0.25, 0.3) is 0 Å². The summed E-state index contributed by atoms with van der Waals surface area (Å²) in [5.74, 6) is 0. The molecule has 0 N–H and O–H groups in total. The highest BCUT2D eigenvalue weighted by molar-refractivity contribution is 9.10. The van der Waals surface area contributed by atoms with Crippen molar-refractivity contribution in [2.45, 2.75) is 0 Å². The SMILES string of the molecule is C=Cc1c2c(Cl)c(Br)ccc2nn1C. The summed E-state index contributed by atoms with van der Waals surface area (Å²) in [6.45, 7) is 3.75. The number of halogens is 2. The van der Waals surface area contributed by atoms with Crippen LogP contribution in [0.25, 0.3) is 17.0 Å². The first-order chi connectivity index (χ1) is 6.65. The number of hydrogen-bond acceptors (Lipinski definition) is 1. The van der Waals surface area contributed by atoms with Crippen LogP contribution in [-0.2, 0) is 7.05 Å². The summed E-state index contributed by atoms with van der Waals surface area (Å²) < 4.78 is 2.65. The summed E-state index contributed by atoms with van der Waals surface area (Å²) in [4.78, 5) is 0. The van der Waals surface area contributed by atoms with Crippen LogP contribution in [0.4, 0.5) is 0 Å². The molecule has 2 nitrogen and oxygen atoms in total. The largest absolute Gasteiger partial charge is 0.267 e. The third-order valence-electron chi connectivity index (χ3n) is 2.13. The van der Waals surface area contributed by atoms with Gasteiger partial charge >= 0.3 is 0 Å². The lowest BCUT2D eigenvalue weighted by atomic mass is 10.2. The highest BCUT2D eigenvalue weighted by Gasteiger charge is 2.11. The van der Waals surface area contributed by atoms with Crippen molar-refractivity contribution in [2.75, 3.05) is 0 Å². The maximum Gasteiger partial charge on any atom is 0.0945 e. The molecule has 0 amide bonds. The van der Waals surface area contributed by atoms with Gasteiger partial charge in [0, 0.05) is 16.9 Å². The molecule has 1 heterocycles. The summed E-state index contributed by atoms with van der Waals surface area (Å²) in [7, 11) is 1.88. The molecular weight excluding hydrogens is 263 g/mol. The van der Waals surface area contributed by atoms with Crippen molar-refractivity contribution < 1.29 is 0 Å². The Labute approximate surface area is 95.3 Å². The Morgan fingerprint density at radius 2 is 2.29 bits per heavy atom. The number of benzene rings is 1. The normalized spacial score (nSPS) is 10.8. The van der Waals surface area contributed by atoms with Gasteiger partial charge < -0.3 is 0 Å². The van der Waals surface area contributed by atoms with E-state index in [1.807, 2.05) is 19.2 Å². The van der Waals surface area contributed by atoms with E-state index in [2.05, 4.69) is 27.6 Å². The van der Waals surface area contributed by atoms with Crippen LogP contribution in [0.1, 0.15) is 5.69 Å². The second-order valence-electron chi connectivity index (χ2n) is 2.97. The van der Waals surface area contributed by atoms with Crippen molar-refractivity contribution in [3.05, 3.63) is 33.9 Å². The summed E-state index contributed by atoms with van der Waals surface area (Å²) in [6, 6.07) is 3.82. The molecule has 2 aromatic rings. The molecule has 1 aromatic heterocycles.